The Balaban J connectivity index is 1.66. The zero-order valence-corrected chi connectivity index (χ0v) is 22.5. The van der Waals surface area contributed by atoms with Crippen molar-refractivity contribution >= 4 is 17.7 Å². The average molecular weight is 505 g/mol. The summed E-state index contributed by atoms with van der Waals surface area (Å²) in [5.41, 5.74) is 4.64. The van der Waals surface area contributed by atoms with Crippen molar-refractivity contribution < 1.29 is 19.1 Å². The molecule has 2 heterocycles. The lowest BCUT2D eigenvalue weighted by molar-refractivity contribution is 0.0203. The lowest BCUT2D eigenvalue weighted by Crippen LogP contribution is -2.41. The number of nitrogens with zero attached hydrogens (tertiary/aromatic N) is 3. The second kappa shape index (κ2) is 10.7. The van der Waals surface area contributed by atoms with Gasteiger partial charge in [-0.25, -0.2) is 9.48 Å². The Bertz CT molecular complexity index is 1260. The lowest BCUT2D eigenvalue weighted by atomic mass is 9.90. The second-order valence-corrected chi connectivity index (χ2v) is 10.5. The number of nitrogens with one attached hydrogen (secondary N) is 1. The number of anilines is 1. The fourth-order valence-electron chi connectivity index (χ4n) is 4.80. The van der Waals surface area contributed by atoms with Crippen LogP contribution in [0.4, 0.5) is 10.5 Å². The number of hydrogen-bond donors (Lipinski definition) is 1. The number of para-hydroxylation sites is 1. The number of carbonyl (C=O) groups excluding carboxylic acids is 2. The highest BCUT2D eigenvalue weighted by Crippen LogP contribution is 2.34. The van der Waals surface area contributed by atoms with Gasteiger partial charge in [-0.2, -0.15) is 5.10 Å². The van der Waals surface area contributed by atoms with Gasteiger partial charge in [0, 0.05) is 30.8 Å². The maximum Gasteiger partial charge on any atom is 0.410 e. The van der Waals surface area contributed by atoms with Gasteiger partial charge in [-0.1, -0.05) is 24.3 Å². The van der Waals surface area contributed by atoms with Crippen LogP contribution < -0.4 is 10.1 Å². The van der Waals surface area contributed by atoms with Crippen molar-refractivity contribution in [3.8, 4) is 11.4 Å². The third kappa shape index (κ3) is 5.96. The summed E-state index contributed by atoms with van der Waals surface area (Å²) in [4.78, 5) is 27.9. The topological polar surface area (TPSA) is 85.7 Å². The molecule has 0 radical (unpaired) electrons. The molecule has 1 saturated heterocycles. The summed E-state index contributed by atoms with van der Waals surface area (Å²) < 4.78 is 12.8. The summed E-state index contributed by atoms with van der Waals surface area (Å²) in [7, 11) is 1.59. The second-order valence-electron chi connectivity index (χ2n) is 10.5. The molecule has 196 valence electrons. The molecule has 1 aliphatic heterocycles. The van der Waals surface area contributed by atoms with Crippen LogP contribution in [0.3, 0.4) is 0 Å². The Morgan fingerprint density at radius 1 is 1.03 bits per heavy atom. The van der Waals surface area contributed by atoms with E-state index in [4.69, 9.17) is 14.6 Å². The Labute approximate surface area is 218 Å². The summed E-state index contributed by atoms with van der Waals surface area (Å²) in [6, 6.07) is 13.4. The number of benzene rings is 2. The van der Waals surface area contributed by atoms with Crippen molar-refractivity contribution in [1.82, 2.24) is 14.7 Å². The standard InChI is InChI=1S/C29H36N4O4/c1-19-9-7-10-20(2)25(19)33-26(21-13-15-32(16-14-21)28(35)37-29(3,4)5)24(18-30-33)27(34)31-22-11-8-12-23(17-22)36-6/h7-12,17-18,21H,13-16H2,1-6H3,(H,31,34). The van der Waals surface area contributed by atoms with Crippen LogP contribution in [0.15, 0.2) is 48.7 Å². The average Bonchev–Trinajstić information content (AvgIpc) is 3.28. The van der Waals surface area contributed by atoms with E-state index in [1.807, 2.05) is 49.7 Å². The first-order valence-electron chi connectivity index (χ1n) is 12.6. The van der Waals surface area contributed by atoms with Gasteiger partial charge in [-0.15, -0.1) is 0 Å². The Morgan fingerprint density at radius 2 is 1.68 bits per heavy atom. The molecule has 4 rings (SSSR count). The zero-order chi connectivity index (χ0) is 26.7. The highest BCUT2D eigenvalue weighted by atomic mass is 16.6. The van der Waals surface area contributed by atoms with Crippen LogP contribution >= 0.6 is 0 Å². The van der Waals surface area contributed by atoms with E-state index in [1.165, 1.54) is 0 Å². The maximum absolute atomic E-state index is 13.5. The predicted octanol–water partition coefficient (Wildman–Crippen LogP) is 5.86. The number of aromatic nitrogens is 2. The SMILES string of the molecule is COc1cccc(NC(=O)c2cnn(-c3c(C)cccc3C)c2C2CCN(C(=O)OC(C)(C)C)CC2)c1. The molecule has 1 N–H and O–H groups in total. The molecule has 0 spiro atoms. The molecular weight excluding hydrogens is 468 g/mol. The van der Waals surface area contributed by atoms with Crippen molar-refractivity contribution in [2.75, 3.05) is 25.5 Å². The highest BCUT2D eigenvalue weighted by molar-refractivity contribution is 6.05. The molecule has 1 fully saturated rings. The molecule has 3 aromatic rings. The first-order chi connectivity index (χ1) is 17.6. The number of rotatable bonds is 5. The number of likely N-dealkylation sites (tertiary alicyclic amines) is 1. The van der Waals surface area contributed by atoms with Crippen molar-refractivity contribution in [3.05, 3.63) is 71.0 Å². The predicted molar refractivity (Wildman–Crippen MR) is 144 cm³/mol. The molecule has 8 heteroatoms. The number of hydrogen-bond acceptors (Lipinski definition) is 5. The number of methoxy groups -OCH3 is 1. The molecule has 37 heavy (non-hydrogen) atoms. The van der Waals surface area contributed by atoms with Gasteiger partial charge in [0.05, 0.1) is 30.3 Å². The van der Waals surface area contributed by atoms with E-state index in [0.717, 1.165) is 22.5 Å². The summed E-state index contributed by atoms with van der Waals surface area (Å²) in [5, 5.41) is 7.71. The minimum Gasteiger partial charge on any atom is -0.497 e. The normalized spacial score (nSPS) is 14.4. The first-order valence-corrected chi connectivity index (χ1v) is 12.6. The van der Waals surface area contributed by atoms with E-state index in [1.54, 1.807) is 24.3 Å². The van der Waals surface area contributed by atoms with Gasteiger partial charge in [0.2, 0.25) is 0 Å². The quantitative estimate of drug-likeness (QED) is 0.470. The molecule has 0 saturated carbocycles. The molecule has 2 amide bonds. The molecule has 0 aliphatic carbocycles. The summed E-state index contributed by atoms with van der Waals surface area (Å²) in [6.07, 6.45) is 2.76. The molecule has 0 unspecified atom stereocenters. The van der Waals surface area contributed by atoms with Crippen molar-refractivity contribution in [1.29, 1.82) is 0 Å². The molecule has 1 aliphatic rings. The first kappa shape index (κ1) is 26.3. The van der Waals surface area contributed by atoms with Gasteiger partial charge in [0.15, 0.2) is 0 Å². The van der Waals surface area contributed by atoms with Crippen LogP contribution in [0.5, 0.6) is 5.75 Å². The van der Waals surface area contributed by atoms with Crippen LogP contribution in [0.1, 0.15) is 66.7 Å². The lowest BCUT2D eigenvalue weighted by Gasteiger charge is -2.34. The van der Waals surface area contributed by atoms with Crippen LogP contribution in [0.2, 0.25) is 0 Å². The highest BCUT2D eigenvalue weighted by Gasteiger charge is 2.32. The molecule has 0 atom stereocenters. The van der Waals surface area contributed by atoms with E-state index in [9.17, 15) is 9.59 Å². The minimum atomic E-state index is -0.541. The molecule has 0 bridgehead atoms. The summed E-state index contributed by atoms with van der Waals surface area (Å²) in [6.45, 7) is 10.8. The van der Waals surface area contributed by atoms with Gasteiger partial charge >= 0.3 is 6.09 Å². The molecule has 2 aromatic carbocycles. The third-order valence-electron chi connectivity index (χ3n) is 6.56. The number of amides is 2. The largest absolute Gasteiger partial charge is 0.497 e. The van der Waals surface area contributed by atoms with Gasteiger partial charge in [0.25, 0.3) is 5.91 Å². The number of carbonyl (C=O) groups is 2. The Kier molecular flexibility index (Phi) is 7.57. The van der Waals surface area contributed by atoms with Crippen molar-refractivity contribution in [3.63, 3.8) is 0 Å². The molecule has 1 aromatic heterocycles. The molecule has 8 nitrogen and oxygen atoms in total. The fourth-order valence-corrected chi connectivity index (χ4v) is 4.80. The van der Waals surface area contributed by atoms with E-state index < -0.39 is 5.60 Å². The van der Waals surface area contributed by atoms with Gasteiger partial charge in [-0.05, 0) is 70.7 Å². The number of piperidine rings is 1. The van der Waals surface area contributed by atoms with E-state index in [0.29, 0.717) is 42.9 Å². The number of aryl methyl sites for hydroxylation is 2. The van der Waals surface area contributed by atoms with Gasteiger partial charge in [-0.3, -0.25) is 4.79 Å². The van der Waals surface area contributed by atoms with Gasteiger partial charge < -0.3 is 19.7 Å². The smallest absolute Gasteiger partial charge is 0.410 e. The van der Waals surface area contributed by atoms with Crippen LogP contribution in [0, 0.1) is 13.8 Å². The fraction of sp³-hybridized carbons (Fsp3) is 0.414. The molecular formula is C29H36N4O4. The third-order valence-corrected chi connectivity index (χ3v) is 6.56. The van der Waals surface area contributed by atoms with Crippen molar-refractivity contribution in [2.45, 2.75) is 59.0 Å². The maximum atomic E-state index is 13.5. The summed E-state index contributed by atoms with van der Waals surface area (Å²) >= 11 is 0. The van der Waals surface area contributed by atoms with Crippen LogP contribution in [-0.4, -0.2) is 52.5 Å². The van der Waals surface area contributed by atoms with E-state index in [2.05, 4.69) is 31.3 Å². The van der Waals surface area contributed by atoms with E-state index >= 15 is 0 Å². The zero-order valence-electron chi connectivity index (χ0n) is 22.5. The monoisotopic (exact) mass is 504 g/mol. The Morgan fingerprint density at radius 3 is 2.30 bits per heavy atom. The Hall–Kier alpha value is -3.81. The van der Waals surface area contributed by atoms with E-state index in [-0.39, 0.29) is 17.9 Å². The van der Waals surface area contributed by atoms with Crippen LogP contribution in [-0.2, 0) is 4.74 Å². The van der Waals surface area contributed by atoms with Crippen molar-refractivity contribution in [2.24, 2.45) is 0 Å². The van der Waals surface area contributed by atoms with Crippen LogP contribution in [0.25, 0.3) is 5.69 Å². The number of ether oxygens (including phenoxy) is 2. The summed E-state index contributed by atoms with van der Waals surface area (Å²) in [5.74, 6) is 0.486. The minimum absolute atomic E-state index is 0.0475. The van der Waals surface area contributed by atoms with Gasteiger partial charge in [0.1, 0.15) is 11.4 Å².